The van der Waals surface area contributed by atoms with Crippen molar-refractivity contribution in [1.82, 2.24) is 9.55 Å². The normalized spacial score (nSPS) is 11.0. The lowest BCUT2D eigenvalue weighted by Gasteiger charge is -2.09. The van der Waals surface area contributed by atoms with Gasteiger partial charge in [0.2, 0.25) is 5.82 Å². The average Bonchev–Trinajstić information content (AvgIpc) is 3.26. The molecule has 230 valence electrons. The van der Waals surface area contributed by atoms with Gasteiger partial charge < -0.3 is 19.5 Å². The lowest BCUT2D eigenvalue weighted by molar-refractivity contribution is -0.137. The second-order valence-corrected chi connectivity index (χ2v) is 9.97. The Morgan fingerprint density at radius 1 is 0.841 bits per heavy atom. The molecule has 0 spiro atoms. The highest BCUT2D eigenvalue weighted by molar-refractivity contribution is 5.91. The van der Waals surface area contributed by atoms with Crippen molar-refractivity contribution in [3.63, 3.8) is 0 Å². The van der Waals surface area contributed by atoms with Crippen molar-refractivity contribution in [1.29, 1.82) is 0 Å². The molecular formula is C32H27F5N2O5. The highest BCUT2D eigenvalue weighted by Crippen LogP contribution is 2.29. The van der Waals surface area contributed by atoms with Crippen molar-refractivity contribution in [2.75, 3.05) is 6.61 Å². The number of fused-ring (bicyclic) bond motifs is 1. The van der Waals surface area contributed by atoms with Gasteiger partial charge in [-0.05, 0) is 68.5 Å². The molecule has 2 N–H and O–H groups in total. The fraction of sp³-hybridized carbons (Fsp3) is 0.281. The van der Waals surface area contributed by atoms with Crippen LogP contribution < -0.4 is 4.74 Å². The van der Waals surface area contributed by atoms with Gasteiger partial charge in [0.05, 0.1) is 13.0 Å². The Balaban J connectivity index is 1.42. The molecule has 0 radical (unpaired) electrons. The molecule has 2 aromatic heterocycles. The van der Waals surface area contributed by atoms with E-state index < -0.39 is 46.6 Å². The Bertz CT molecular complexity index is 1750. The fourth-order valence-corrected chi connectivity index (χ4v) is 4.83. The highest BCUT2D eigenvalue weighted by Gasteiger charge is 2.25. The lowest BCUT2D eigenvalue weighted by Crippen LogP contribution is -2.08. The monoisotopic (exact) mass is 614 g/mol. The molecule has 0 unspecified atom stereocenters. The third kappa shape index (κ3) is 7.16. The largest absolute Gasteiger partial charge is 0.494 e. The van der Waals surface area contributed by atoms with Crippen molar-refractivity contribution in [3.05, 3.63) is 93.6 Å². The maximum atomic E-state index is 13.8. The maximum absolute atomic E-state index is 13.8. The minimum absolute atomic E-state index is 0.0367. The Hall–Kier alpha value is -4.92. The molecule has 0 saturated heterocycles. The number of carbonyl (C=O) groups is 2. The van der Waals surface area contributed by atoms with E-state index in [0.717, 1.165) is 0 Å². The van der Waals surface area contributed by atoms with Gasteiger partial charge in [0.15, 0.2) is 23.3 Å². The summed E-state index contributed by atoms with van der Waals surface area (Å²) in [6, 6.07) is 8.42. The van der Waals surface area contributed by atoms with Gasteiger partial charge in [-0.1, -0.05) is 11.8 Å². The van der Waals surface area contributed by atoms with Crippen LogP contribution in [0.2, 0.25) is 0 Å². The van der Waals surface area contributed by atoms with Gasteiger partial charge in [-0.25, -0.2) is 26.9 Å². The number of halogens is 5. The van der Waals surface area contributed by atoms with Crippen molar-refractivity contribution >= 4 is 23.0 Å². The molecule has 0 amide bonds. The van der Waals surface area contributed by atoms with Crippen LogP contribution in [0.5, 0.6) is 5.75 Å². The molecule has 44 heavy (non-hydrogen) atoms. The number of aromatic nitrogens is 2. The van der Waals surface area contributed by atoms with E-state index >= 15 is 0 Å². The van der Waals surface area contributed by atoms with Crippen LogP contribution in [0.3, 0.4) is 0 Å². The molecule has 7 nitrogen and oxygen atoms in total. The summed E-state index contributed by atoms with van der Waals surface area (Å²) in [6.45, 7) is 2.27. The molecule has 12 heteroatoms. The zero-order chi connectivity index (χ0) is 32.0. The molecule has 2 heterocycles. The second-order valence-electron chi connectivity index (χ2n) is 9.97. The Morgan fingerprint density at radius 2 is 1.50 bits per heavy atom. The van der Waals surface area contributed by atoms with Gasteiger partial charge in [-0.3, -0.25) is 9.59 Å². The average molecular weight is 615 g/mol. The van der Waals surface area contributed by atoms with E-state index in [1.165, 1.54) is 0 Å². The van der Waals surface area contributed by atoms with Crippen molar-refractivity contribution in [3.8, 4) is 17.6 Å². The van der Waals surface area contributed by atoms with Crippen LogP contribution in [0.1, 0.15) is 53.6 Å². The van der Waals surface area contributed by atoms with E-state index in [1.54, 1.807) is 43.5 Å². The van der Waals surface area contributed by atoms with E-state index in [9.17, 15) is 36.6 Å². The van der Waals surface area contributed by atoms with Gasteiger partial charge in [-0.15, -0.1) is 0 Å². The summed E-state index contributed by atoms with van der Waals surface area (Å²) in [5, 5.41) is 19.1. The van der Waals surface area contributed by atoms with Crippen LogP contribution in [0.15, 0.2) is 36.5 Å². The van der Waals surface area contributed by atoms with Gasteiger partial charge in [-0.2, -0.15) is 0 Å². The third-order valence-corrected chi connectivity index (χ3v) is 7.02. The number of benzene rings is 2. The van der Waals surface area contributed by atoms with E-state index in [4.69, 9.17) is 9.84 Å². The Labute approximate surface area is 248 Å². The minimum Gasteiger partial charge on any atom is -0.494 e. The van der Waals surface area contributed by atoms with Crippen LogP contribution in [0.25, 0.3) is 11.0 Å². The number of aliphatic carboxylic acids is 2. The van der Waals surface area contributed by atoms with Crippen molar-refractivity contribution in [2.45, 2.75) is 52.0 Å². The van der Waals surface area contributed by atoms with Crippen LogP contribution in [0, 0.1) is 47.9 Å². The molecular weight excluding hydrogens is 587 g/mol. The molecule has 0 aliphatic heterocycles. The van der Waals surface area contributed by atoms with E-state index in [0.29, 0.717) is 58.6 Å². The first-order valence-electron chi connectivity index (χ1n) is 13.6. The fourth-order valence-electron chi connectivity index (χ4n) is 4.83. The number of hydrogen-bond donors (Lipinski definition) is 2. The summed E-state index contributed by atoms with van der Waals surface area (Å²) in [6.07, 6.45) is 1.72. The zero-order valence-electron chi connectivity index (χ0n) is 23.5. The summed E-state index contributed by atoms with van der Waals surface area (Å²) in [5.41, 5.74) is 2.12. The summed E-state index contributed by atoms with van der Waals surface area (Å²) in [4.78, 5) is 27.0. The number of pyridine rings is 1. The standard InChI is InChI=1S/C32H27F5N2O5/c1-18-23(17-25(42)43)26-20(13-14-38-32(26)39(18)15-4-6-24(40)41)10-7-19-8-11-21(12-9-19)44-16-3-2-5-22-27(33)29(35)31(37)30(36)28(22)34/h8-9,11-14H,2-6,15-17H2,1H3,(H,40,41)(H,42,43). The number of rotatable bonds is 12. The molecule has 0 atom stereocenters. The maximum Gasteiger partial charge on any atom is 0.307 e. The molecule has 4 aromatic rings. The summed E-state index contributed by atoms with van der Waals surface area (Å²) >= 11 is 0. The SMILES string of the molecule is Cc1c(CC(=O)O)c2c(C#Cc3ccc(OCCCCc4c(F)c(F)c(F)c(F)c4F)cc3)ccnc2n1CCCC(=O)O. The number of aryl methyl sites for hydroxylation is 1. The summed E-state index contributed by atoms with van der Waals surface area (Å²) in [7, 11) is 0. The van der Waals surface area contributed by atoms with Gasteiger partial charge >= 0.3 is 11.9 Å². The summed E-state index contributed by atoms with van der Waals surface area (Å²) < 4.78 is 75.0. The number of nitrogens with zero attached hydrogens (tertiary/aromatic N) is 2. The molecule has 2 aromatic carbocycles. The van der Waals surface area contributed by atoms with E-state index in [2.05, 4.69) is 16.8 Å². The van der Waals surface area contributed by atoms with E-state index in [1.807, 2.05) is 4.57 Å². The molecule has 0 aliphatic rings. The van der Waals surface area contributed by atoms with Gasteiger partial charge in [0.1, 0.15) is 11.4 Å². The van der Waals surface area contributed by atoms with E-state index in [-0.39, 0.29) is 32.3 Å². The highest BCUT2D eigenvalue weighted by atomic mass is 19.2. The van der Waals surface area contributed by atoms with Crippen LogP contribution in [-0.2, 0) is 29.0 Å². The van der Waals surface area contributed by atoms with Gasteiger partial charge in [0.25, 0.3) is 0 Å². The summed E-state index contributed by atoms with van der Waals surface area (Å²) in [5.74, 6) is -5.11. The Kier molecular flexibility index (Phi) is 10.2. The quantitative estimate of drug-likeness (QED) is 0.0636. The van der Waals surface area contributed by atoms with Crippen LogP contribution >= 0.6 is 0 Å². The van der Waals surface area contributed by atoms with Crippen LogP contribution in [-0.4, -0.2) is 38.3 Å². The smallest absolute Gasteiger partial charge is 0.307 e. The topological polar surface area (TPSA) is 102 Å². The second kappa shape index (κ2) is 14.0. The number of ether oxygens (including phenoxy) is 1. The van der Waals surface area contributed by atoms with Crippen molar-refractivity contribution in [2.24, 2.45) is 0 Å². The first kappa shape index (κ1) is 32.0. The van der Waals surface area contributed by atoms with Crippen LogP contribution in [0.4, 0.5) is 22.0 Å². The molecule has 4 rings (SSSR count). The number of unbranched alkanes of at least 4 members (excludes halogenated alkanes) is 1. The molecule has 0 aliphatic carbocycles. The third-order valence-electron chi connectivity index (χ3n) is 7.02. The number of hydrogen-bond acceptors (Lipinski definition) is 4. The minimum atomic E-state index is -2.18. The molecule has 0 saturated carbocycles. The zero-order valence-corrected chi connectivity index (χ0v) is 23.5. The first-order valence-corrected chi connectivity index (χ1v) is 13.6. The molecule has 0 fully saturated rings. The van der Waals surface area contributed by atoms with Crippen molar-refractivity contribution < 1.29 is 46.5 Å². The molecule has 0 bridgehead atoms. The predicted octanol–water partition coefficient (Wildman–Crippen LogP) is 6.33. The lowest BCUT2D eigenvalue weighted by atomic mass is 10.0. The predicted molar refractivity (Wildman–Crippen MR) is 150 cm³/mol. The number of carboxylic acid groups (broad SMARTS) is 2. The number of carboxylic acids is 2. The van der Waals surface area contributed by atoms with Gasteiger partial charge in [0, 0.05) is 46.9 Å². The first-order chi connectivity index (χ1) is 21.0. The Morgan fingerprint density at radius 3 is 2.14 bits per heavy atom.